The van der Waals surface area contributed by atoms with Crippen LogP contribution in [0.3, 0.4) is 0 Å². The molecule has 154 valence electrons. The SMILES string of the molecule is CC1=C(c2ccsc2)C(=O)N(C(C)(C)C(=O)Nc2cccc(C(F)(F)F)c2)CO1. The Bertz CT molecular complexity index is 966. The lowest BCUT2D eigenvalue weighted by molar-refractivity contribution is -0.147. The van der Waals surface area contributed by atoms with Crippen molar-refractivity contribution in [3.05, 3.63) is 58.0 Å². The van der Waals surface area contributed by atoms with Gasteiger partial charge in [0.2, 0.25) is 5.91 Å². The molecule has 2 heterocycles. The van der Waals surface area contributed by atoms with Gasteiger partial charge in [-0.25, -0.2) is 0 Å². The molecular formula is C20H19F3N2O3S. The van der Waals surface area contributed by atoms with E-state index in [1.807, 2.05) is 5.38 Å². The highest BCUT2D eigenvalue weighted by atomic mass is 32.1. The van der Waals surface area contributed by atoms with E-state index in [1.165, 1.54) is 42.2 Å². The predicted molar refractivity (Wildman–Crippen MR) is 104 cm³/mol. The summed E-state index contributed by atoms with van der Waals surface area (Å²) in [6.07, 6.45) is -4.52. The first kappa shape index (κ1) is 20.9. The quantitative estimate of drug-likeness (QED) is 0.772. The highest BCUT2D eigenvalue weighted by Gasteiger charge is 2.42. The number of thiophene rings is 1. The lowest BCUT2D eigenvalue weighted by Gasteiger charge is -2.40. The Morgan fingerprint density at radius 2 is 1.97 bits per heavy atom. The lowest BCUT2D eigenvalue weighted by Crippen LogP contribution is -2.57. The number of carbonyl (C=O) groups excluding carboxylic acids is 2. The van der Waals surface area contributed by atoms with Gasteiger partial charge in [-0.1, -0.05) is 6.07 Å². The van der Waals surface area contributed by atoms with Crippen molar-refractivity contribution in [1.82, 2.24) is 4.90 Å². The second-order valence-corrected chi connectivity index (χ2v) is 7.82. The molecule has 3 rings (SSSR count). The average Bonchev–Trinajstić information content (AvgIpc) is 3.15. The third-order valence-corrected chi connectivity index (χ3v) is 5.39. The monoisotopic (exact) mass is 424 g/mol. The van der Waals surface area contributed by atoms with Crippen molar-refractivity contribution in [1.29, 1.82) is 0 Å². The van der Waals surface area contributed by atoms with Crippen molar-refractivity contribution >= 4 is 34.4 Å². The fourth-order valence-electron chi connectivity index (χ4n) is 2.91. The maximum atomic E-state index is 13.1. The summed E-state index contributed by atoms with van der Waals surface area (Å²) >= 11 is 1.43. The van der Waals surface area contributed by atoms with E-state index in [0.29, 0.717) is 16.9 Å². The number of allylic oxidation sites excluding steroid dienone is 1. The molecule has 1 aromatic carbocycles. The molecule has 1 aromatic heterocycles. The molecule has 29 heavy (non-hydrogen) atoms. The fourth-order valence-corrected chi connectivity index (χ4v) is 3.55. The van der Waals surface area contributed by atoms with Crippen molar-refractivity contribution in [2.24, 2.45) is 0 Å². The van der Waals surface area contributed by atoms with Crippen molar-refractivity contribution in [3.63, 3.8) is 0 Å². The minimum Gasteiger partial charge on any atom is -0.477 e. The number of anilines is 1. The first-order valence-corrected chi connectivity index (χ1v) is 9.63. The van der Waals surface area contributed by atoms with Crippen LogP contribution >= 0.6 is 11.3 Å². The summed E-state index contributed by atoms with van der Waals surface area (Å²) in [5.74, 6) is -0.548. The molecular weight excluding hydrogens is 405 g/mol. The van der Waals surface area contributed by atoms with Gasteiger partial charge in [0.05, 0.1) is 11.1 Å². The second kappa shape index (κ2) is 7.55. The van der Waals surface area contributed by atoms with E-state index in [-0.39, 0.29) is 18.3 Å². The van der Waals surface area contributed by atoms with E-state index in [9.17, 15) is 22.8 Å². The number of rotatable bonds is 4. The van der Waals surface area contributed by atoms with Crippen LogP contribution in [-0.4, -0.2) is 29.0 Å². The molecule has 0 saturated heterocycles. The zero-order valence-corrected chi connectivity index (χ0v) is 16.8. The predicted octanol–water partition coefficient (Wildman–Crippen LogP) is 4.73. The highest BCUT2D eigenvalue weighted by molar-refractivity contribution is 7.08. The molecule has 0 saturated carbocycles. The fraction of sp³-hybridized carbons (Fsp3) is 0.300. The van der Waals surface area contributed by atoms with Gasteiger partial charge in [0.1, 0.15) is 11.3 Å². The summed E-state index contributed by atoms with van der Waals surface area (Å²) in [5.41, 5.74) is -1.20. The van der Waals surface area contributed by atoms with Gasteiger partial charge in [0.25, 0.3) is 5.91 Å². The van der Waals surface area contributed by atoms with Crippen LogP contribution in [0.15, 0.2) is 46.9 Å². The van der Waals surface area contributed by atoms with Crippen LogP contribution in [0, 0.1) is 0 Å². The number of halogens is 3. The molecule has 9 heteroatoms. The van der Waals surface area contributed by atoms with Crippen molar-refractivity contribution in [2.75, 3.05) is 12.0 Å². The van der Waals surface area contributed by atoms with Crippen LogP contribution in [-0.2, 0) is 20.5 Å². The van der Waals surface area contributed by atoms with Crippen LogP contribution in [0.25, 0.3) is 5.57 Å². The molecule has 1 N–H and O–H groups in total. The Labute approximate surface area is 169 Å². The number of benzene rings is 1. The summed E-state index contributed by atoms with van der Waals surface area (Å²) in [6, 6.07) is 6.12. The average molecular weight is 424 g/mol. The molecule has 0 spiro atoms. The topological polar surface area (TPSA) is 58.6 Å². The van der Waals surface area contributed by atoms with Crippen molar-refractivity contribution in [2.45, 2.75) is 32.5 Å². The first-order valence-electron chi connectivity index (χ1n) is 8.68. The maximum Gasteiger partial charge on any atom is 0.416 e. The highest BCUT2D eigenvalue weighted by Crippen LogP contribution is 2.33. The van der Waals surface area contributed by atoms with Gasteiger partial charge < -0.3 is 10.1 Å². The minimum atomic E-state index is -4.52. The van der Waals surface area contributed by atoms with Crippen LogP contribution in [0.1, 0.15) is 31.9 Å². The molecule has 1 aliphatic heterocycles. The zero-order valence-electron chi connectivity index (χ0n) is 16.0. The number of hydrogen-bond acceptors (Lipinski definition) is 4. The Kier molecular flexibility index (Phi) is 5.44. The molecule has 1 aliphatic rings. The Hall–Kier alpha value is -2.81. The number of nitrogens with one attached hydrogen (secondary N) is 1. The van der Waals surface area contributed by atoms with E-state index < -0.39 is 23.2 Å². The van der Waals surface area contributed by atoms with Gasteiger partial charge in [0, 0.05) is 11.3 Å². The molecule has 0 radical (unpaired) electrons. The molecule has 0 bridgehead atoms. The Morgan fingerprint density at radius 3 is 2.59 bits per heavy atom. The number of hydrogen-bond donors (Lipinski definition) is 1. The number of nitrogens with zero attached hydrogens (tertiary/aromatic N) is 1. The Morgan fingerprint density at radius 1 is 1.24 bits per heavy atom. The molecule has 2 amide bonds. The van der Waals surface area contributed by atoms with Gasteiger partial charge in [-0.2, -0.15) is 24.5 Å². The van der Waals surface area contributed by atoms with Crippen LogP contribution in [0.5, 0.6) is 0 Å². The van der Waals surface area contributed by atoms with E-state index in [4.69, 9.17) is 4.74 Å². The lowest BCUT2D eigenvalue weighted by atomic mass is 9.97. The molecule has 0 fully saturated rings. The number of ether oxygens (including phenoxy) is 1. The molecule has 0 atom stereocenters. The van der Waals surface area contributed by atoms with Gasteiger partial charge >= 0.3 is 6.18 Å². The summed E-state index contributed by atoms with van der Waals surface area (Å²) in [6.45, 7) is 4.57. The third-order valence-electron chi connectivity index (χ3n) is 4.71. The van der Waals surface area contributed by atoms with Crippen molar-refractivity contribution < 1.29 is 27.5 Å². The Balaban J connectivity index is 1.83. The van der Waals surface area contributed by atoms with Gasteiger partial charge in [-0.05, 0) is 55.8 Å². The molecule has 5 nitrogen and oxygen atoms in total. The van der Waals surface area contributed by atoms with Crippen molar-refractivity contribution in [3.8, 4) is 0 Å². The van der Waals surface area contributed by atoms with Crippen LogP contribution in [0.4, 0.5) is 18.9 Å². The minimum absolute atomic E-state index is 0.00643. The normalized spacial score (nSPS) is 15.4. The molecule has 2 aromatic rings. The standard InChI is InChI=1S/C20H19F3N2O3S/c1-12-16(13-7-8-29-10-13)17(26)25(11-28-12)19(2,3)18(27)24-15-6-4-5-14(9-15)20(21,22)23/h4-10H,11H2,1-3H3,(H,24,27). The summed E-state index contributed by atoms with van der Waals surface area (Å²) in [7, 11) is 0. The largest absolute Gasteiger partial charge is 0.477 e. The number of alkyl halides is 3. The van der Waals surface area contributed by atoms with Gasteiger partial charge in [-0.3, -0.25) is 14.5 Å². The van der Waals surface area contributed by atoms with Crippen LogP contribution in [0.2, 0.25) is 0 Å². The zero-order chi connectivity index (χ0) is 21.4. The third kappa shape index (κ3) is 4.14. The summed E-state index contributed by atoms with van der Waals surface area (Å²) in [4.78, 5) is 27.2. The summed E-state index contributed by atoms with van der Waals surface area (Å²) in [5, 5.41) is 6.10. The smallest absolute Gasteiger partial charge is 0.416 e. The number of carbonyl (C=O) groups is 2. The van der Waals surface area contributed by atoms with E-state index >= 15 is 0 Å². The van der Waals surface area contributed by atoms with E-state index in [2.05, 4.69) is 5.32 Å². The number of amides is 2. The van der Waals surface area contributed by atoms with Crippen LogP contribution < -0.4 is 5.32 Å². The van der Waals surface area contributed by atoms with E-state index in [1.54, 1.807) is 18.4 Å². The second-order valence-electron chi connectivity index (χ2n) is 7.04. The molecule has 0 unspecified atom stereocenters. The van der Waals surface area contributed by atoms with Gasteiger partial charge in [0.15, 0.2) is 6.73 Å². The maximum absolute atomic E-state index is 13.1. The molecule has 0 aliphatic carbocycles. The summed E-state index contributed by atoms with van der Waals surface area (Å²) < 4.78 is 44.3. The van der Waals surface area contributed by atoms with E-state index in [0.717, 1.165) is 12.1 Å². The first-order chi connectivity index (χ1) is 13.5. The van der Waals surface area contributed by atoms with Gasteiger partial charge in [-0.15, -0.1) is 0 Å².